The second-order valence-electron chi connectivity index (χ2n) is 2.80. The number of hydrogen-bond donors (Lipinski definition) is 1. The SMILES string of the molecule is COc1c(F)cc(C(O)C(Cl)Cl)cc1F. The van der Waals surface area contributed by atoms with Gasteiger partial charge in [-0.1, -0.05) is 0 Å². The third-order valence-corrected chi connectivity index (χ3v) is 2.28. The number of alkyl halides is 2. The highest BCUT2D eigenvalue weighted by Crippen LogP contribution is 2.29. The van der Waals surface area contributed by atoms with Crippen molar-refractivity contribution in [2.24, 2.45) is 0 Å². The Morgan fingerprint density at radius 2 is 1.73 bits per heavy atom. The van der Waals surface area contributed by atoms with Gasteiger partial charge in [-0.15, -0.1) is 23.2 Å². The van der Waals surface area contributed by atoms with Gasteiger partial charge in [0.15, 0.2) is 17.4 Å². The van der Waals surface area contributed by atoms with Crippen LogP contribution in [0.2, 0.25) is 0 Å². The third kappa shape index (κ3) is 2.71. The first kappa shape index (κ1) is 12.5. The molecule has 0 aliphatic heterocycles. The number of aliphatic hydroxyl groups is 1. The molecule has 0 saturated carbocycles. The monoisotopic (exact) mass is 256 g/mol. The predicted octanol–water partition coefficient (Wildman–Crippen LogP) is 2.81. The fourth-order valence-corrected chi connectivity index (χ4v) is 1.38. The molecule has 2 nitrogen and oxygen atoms in total. The topological polar surface area (TPSA) is 29.5 Å². The van der Waals surface area contributed by atoms with Gasteiger partial charge in [0.2, 0.25) is 0 Å². The van der Waals surface area contributed by atoms with Crippen LogP contribution in [0.4, 0.5) is 8.78 Å². The Morgan fingerprint density at radius 1 is 1.27 bits per heavy atom. The molecule has 1 rings (SSSR count). The lowest BCUT2D eigenvalue weighted by molar-refractivity contribution is 0.191. The van der Waals surface area contributed by atoms with Crippen molar-refractivity contribution in [3.63, 3.8) is 0 Å². The van der Waals surface area contributed by atoms with E-state index in [4.69, 9.17) is 23.2 Å². The van der Waals surface area contributed by atoms with Gasteiger partial charge in [0, 0.05) is 0 Å². The molecule has 15 heavy (non-hydrogen) atoms. The Hall–Kier alpha value is -0.580. The van der Waals surface area contributed by atoms with Crippen LogP contribution < -0.4 is 4.74 Å². The van der Waals surface area contributed by atoms with Crippen molar-refractivity contribution in [2.75, 3.05) is 7.11 Å². The van der Waals surface area contributed by atoms with E-state index in [0.717, 1.165) is 19.2 Å². The molecular formula is C9H8Cl2F2O2. The fraction of sp³-hybridized carbons (Fsp3) is 0.333. The largest absolute Gasteiger partial charge is 0.491 e. The molecule has 84 valence electrons. The van der Waals surface area contributed by atoms with Gasteiger partial charge in [-0.25, -0.2) is 8.78 Å². The number of aliphatic hydroxyl groups excluding tert-OH is 1. The molecule has 0 spiro atoms. The molecule has 0 saturated heterocycles. The first-order valence-electron chi connectivity index (χ1n) is 3.96. The summed E-state index contributed by atoms with van der Waals surface area (Å²) < 4.78 is 30.8. The molecule has 1 atom stereocenters. The van der Waals surface area contributed by atoms with Crippen LogP contribution in [0.25, 0.3) is 0 Å². The van der Waals surface area contributed by atoms with Crippen LogP contribution >= 0.6 is 23.2 Å². The summed E-state index contributed by atoms with van der Waals surface area (Å²) in [6.07, 6.45) is -1.34. The Kier molecular flexibility index (Phi) is 4.13. The lowest BCUT2D eigenvalue weighted by atomic mass is 10.1. The van der Waals surface area contributed by atoms with Gasteiger partial charge in [0.05, 0.1) is 7.11 Å². The van der Waals surface area contributed by atoms with Crippen molar-refractivity contribution in [3.05, 3.63) is 29.3 Å². The molecule has 0 radical (unpaired) electrons. The molecule has 1 unspecified atom stereocenters. The van der Waals surface area contributed by atoms with E-state index in [0.29, 0.717) is 0 Å². The molecule has 1 aromatic carbocycles. The van der Waals surface area contributed by atoms with Gasteiger partial charge < -0.3 is 9.84 Å². The molecule has 0 amide bonds. The van der Waals surface area contributed by atoms with Gasteiger partial charge in [-0.2, -0.15) is 0 Å². The minimum Gasteiger partial charge on any atom is -0.491 e. The summed E-state index contributed by atoms with van der Waals surface area (Å²) in [6.45, 7) is 0. The van der Waals surface area contributed by atoms with Gasteiger partial charge in [-0.3, -0.25) is 0 Å². The van der Waals surface area contributed by atoms with Crippen molar-refractivity contribution in [1.29, 1.82) is 0 Å². The number of hydrogen-bond acceptors (Lipinski definition) is 2. The maximum absolute atomic E-state index is 13.2. The number of rotatable bonds is 3. The normalized spacial score (nSPS) is 13.0. The van der Waals surface area contributed by atoms with Crippen molar-refractivity contribution >= 4 is 23.2 Å². The Balaban J connectivity index is 3.14. The molecule has 6 heteroatoms. The summed E-state index contributed by atoms with van der Waals surface area (Å²) in [7, 11) is 1.14. The molecular weight excluding hydrogens is 249 g/mol. The first-order chi connectivity index (χ1) is 6.97. The van der Waals surface area contributed by atoms with Crippen molar-refractivity contribution in [1.82, 2.24) is 0 Å². The smallest absolute Gasteiger partial charge is 0.190 e. The van der Waals surface area contributed by atoms with Crippen LogP contribution in [0.15, 0.2) is 12.1 Å². The third-order valence-electron chi connectivity index (χ3n) is 1.80. The molecule has 0 heterocycles. The highest BCUT2D eigenvalue weighted by Gasteiger charge is 2.20. The van der Waals surface area contributed by atoms with Crippen LogP contribution in [0.5, 0.6) is 5.75 Å². The molecule has 0 bridgehead atoms. The minimum absolute atomic E-state index is 0.0409. The maximum atomic E-state index is 13.2. The highest BCUT2D eigenvalue weighted by atomic mass is 35.5. The van der Waals surface area contributed by atoms with E-state index >= 15 is 0 Å². The molecule has 1 aromatic rings. The summed E-state index contributed by atoms with van der Waals surface area (Å²) in [5, 5.41) is 9.37. The average Bonchev–Trinajstić information content (AvgIpc) is 2.15. The summed E-state index contributed by atoms with van der Waals surface area (Å²) in [5.74, 6) is -2.34. The molecule has 1 N–H and O–H groups in total. The van der Waals surface area contributed by atoms with E-state index in [1.165, 1.54) is 0 Å². The Bertz CT molecular complexity index is 335. The van der Waals surface area contributed by atoms with E-state index in [1.807, 2.05) is 0 Å². The lowest BCUT2D eigenvalue weighted by Crippen LogP contribution is -2.07. The number of halogens is 4. The maximum Gasteiger partial charge on any atom is 0.190 e. The number of benzene rings is 1. The predicted molar refractivity (Wildman–Crippen MR) is 53.4 cm³/mol. The molecule has 0 aromatic heterocycles. The molecule has 0 aliphatic carbocycles. The van der Waals surface area contributed by atoms with E-state index in [1.54, 1.807) is 0 Å². The standard InChI is InChI=1S/C9H8Cl2F2O2/c1-15-8-5(12)2-4(3-6(8)13)7(14)9(10)11/h2-3,7,9,14H,1H3. The Labute approximate surface area is 95.4 Å². The van der Waals surface area contributed by atoms with Crippen molar-refractivity contribution < 1.29 is 18.6 Å². The zero-order valence-corrected chi connectivity index (χ0v) is 9.19. The summed E-state index contributed by atoms with van der Waals surface area (Å²) >= 11 is 10.8. The van der Waals surface area contributed by atoms with E-state index < -0.39 is 28.3 Å². The second-order valence-corrected chi connectivity index (χ2v) is 3.96. The van der Waals surface area contributed by atoms with E-state index in [2.05, 4.69) is 4.74 Å². The summed E-state index contributed by atoms with van der Waals surface area (Å²) in [6, 6.07) is 1.84. The highest BCUT2D eigenvalue weighted by molar-refractivity contribution is 6.44. The first-order valence-corrected chi connectivity index (χ1v) is 4.83. The summed E-state index contributed by atoms with van der Waals surface area (Å²) in [4.78, 5) is -1.16. The lowest BCUT2D eigenvalue weighted by Gasteiger charge is -2.13. The number of methoxy groups -OCH3 is 1. The van der Waals surface area contributed by atoms with Crippen LogP contribution in [0.3, 0.4) is 0 Å². The van der Waals surface area contributed by atoms with E-state index in [9.17, 15) is 13.9 Å². The fourth-order valence-electron chi connectivity index (χ4n) is 1.09. The van der Waals surface area contributed by atoms with Gasteiger partial charge >= 0.3 is 0 Å². The zero-order chi connectivity index (χ0) is 11.6. The Morgan fingerprint density at radius 3 is 2.07 bits per heavy atom. The minimum atomic E-state index is -1.34. The summed E-state index contributed by atoms with van der Waals surface area (Å²) in [5.41, 5.74) is -0.0409. The van der Waals surface area contributed by atoms with Crippen LogP contribution in [0, 0.1) is 11.6 Å². The van der Waals surface area contributed by atoms with Crippen LogP contribution in [0.1, 0.15) is 11.7 Å². The molecule has 0 fully saturated rings. The quantitative estimate of drug-likeness (QED) is 0.843. The second kappa shape index (κ2) is 4.96. The van der Waals surface area contributed by atoms with E-state index in [-0.39, 0.29) is 5.56 Å². The average molecular weight is 257 g/mol. The van der Waals surface area contributed by atoms with Gasteiger partial charge in [-0.05, 0) is 17.7 Å². The van der Waals surface area contributed by atoms with Crippen molar-refractivity contribution in [3.8, 4) is 5.75 Å². The van der Waals surface area contributed by atoms with Crippen LogP contribution in [-0.2, 0) is 0 Å². The molecule has 0 aliphatic rings. The zero-order valence-electron chi connectivity index (χ0n) is 7.68. The van der Waals surface area contributed by atoms with Crippen LogP contribution in [-0.4, -0.2) is 17.1 Å². The van der Waals surface area contributed by atoms with Gasteiger partial charge in [0.25, 0.3) is 0 Å². The van der Waals surface area contributed by atoms with Crippen molar-refractivity contribution in [2.45, 2.75) is 10.9 Å². The van der Waals surface area contributed by atoms with Gasteiger partial charge in [0.1, 0.15) is 10.9 Å². The number of ether oxygens (including phenoxy) is 1.